The zero-order valence-corrected chi connectivity index (χ0v) is 17.6. The van der Waals surface area contributed by atoms with Crippen molar-refractivity contribution in [1.29, 1.82) is 0 Å². The Hall–Kier alpha value is -3.86. The fourth-order valence-corrected chi connectivity index (χ4v) is 2.98. The number of allylic oxidation sites excluding steroid dienone is 2. The number of ether oxygens (including phenoxy) is 1. The van der Waals surface area contributed by atoms with Gasteiger partial charge in [-0.1, -0.05) is 60.2 Å². The smallest absolute Gasteiger partial charge is 0.344 e. The quantitative estimate of drug-likeness (QED) is 0.382. The third-order valence-electron chi connectivity index (χ3n) is 4.72. The molecular weight excluding hydrogens is 390 g/mol. The van der Waals surface area contributed by atoms with Gasteiger partial charge in [0.05, 0.1) is 5.69 Å². The molecule has 5 nitrogen and oxygen atoms in total. The number of carbonyl (C=O) groups is 2. The molecule has 1 heterocycles. The molecule has 0 saturated carbocycles. The first-order chi connectivity index (χ1) is 14.9. The molecule has 0 aliphatic carbocycles. The van der Waals surface area contributed by atoms with Crippen LogP contribution in [0, 0.1) is 6.92 Å². The van der Waals surface area contributed by atoms with E-state index >= 15 is 0 Å². The molecule has 0 aliphatic rings. The summed E-state index contributed by atoms with van der Waals surface area (Å²) < 4.78 is 7.28. The third-order valence-corrected chi connectivity index (χ3v) is 4.72. The van der Waals surface area contributed by atoms with Crippen LogP contribution in [0.3, 0.4) is 0 Å². The second-order valence-electron chi connectivity index (χ2n) is 7.23. The number of nitrogens with zero attached hydrogens (tertiary/aromatic N) is 1. The molecule has 1 N–H and O–H groups in total. The highest BCUT2D eigenvalue weighted by molar-refractivity contribution is 6.05. The van der Waals surface area contributed by atoms with Crippen LogP contribution in [0.15, 0.2) is 79.0 Å². The Morgan fingerprint density at radius 2 is 1.81 bits per heavy atom. The summed E-state index contributed by atoms with van der Waals surface area (Å²) in [4.78, 5) is 23.6. The number of aromatic nitrogens is 1. The van der Waals surface area contributed by atoms with Gasteiger partial charge in [0, 0.05) is 12.7 Å². The molecule has 0 amide bonds. The van der Waals surface area contributed by atoms with Crippen molar-refractivity contribution < 1.29 is 19.4 Å². The number of aryl methyl sites for hydroxylation is 1. The Balaban J connectivity index is 1.64. The van der Waals surface area contributed by atoms with E-state index in [4.69, 9.17) is 9.84 Å². The van der Waals surface area contributed by atoms with Gasteiger partial charge in [-0.15, -0.1) is 0 Å². The Labute approximate surface area is 181 Å². The molecule has 0 fully saturated rings. The molecule has 2 aromatic carbocycles. The number of hydrogen-bond donors (Lipinski definition) is 1. The zero-order valence-electron chi connectivity index (χ0n) is 17.6. The number of benzene rings is 2. The van der Waals surface area contributed by atoms with Crippen LogP contribution in [0.2, 0.25) is 0 Å². The summed E-state index contributed by atoms with van der Waals surface area (Å²) in [5, 5.41) is 8.97. The molecule has 5 heteroatoms. The normalized spacial score (nSPS) is 12.3. The Kier molecular flexibility index (Phi) is 7.22. The predicted octanol–water partition coefficient (Wildman–Crippen LogP) is 5.26. The predicted molar refractivity (Wildman–Crippen MR) is 122 cm³/mol. The van der Waals surface area contributed by atoms with Gasteiger partial charge in [-0.25, -0.2) is 4.79 Å². The van der Waals surface area contributed by atoms with Crippen molar-refractivity contribution in [2.75, 3.05) is 0 Å². The van der Waals surface area contributed by atoms with Gasteiger partial charge in [-0.05, 0) is 55.3 Å². The largest absolute Gasteiger partial charge is 0.479 e. The van der Waals surface area contributed by atoms with Crippen LogP contribution in [-0.2, 0) is 11.3 Å². The highest BCUT2D eigenvalue weighted by atomic mass is 16.5. The van der Waals surface area contributed by atoms with Gasteiger partial charge in [-0.3, -0.25) is 4.79 Å². The molecular formula is C26H25NO4. The van der Waals surface area contributed by atoms with E-state index in [1.807, 2.05) is 78.4 Å². The van der Waals surface area contributed by atoms with Crippen LogP contribution in [0.4, 0.5) is 0 Å². The van der Waals surface area contributed by atoms with E-state index in [9.17, 15) is 9.59 Å². The fourth-order valence-electron chi connectivity index (χ4n) is 2.98. The molecule has 3 rings (SSSR count). The average molecular weight is 415 g/mol. The highest BCUT2D eigenvalue weighted by Gasteiger charge is 2.12. The SMILES string of the molecule is Cc1ccc(C=CC(=O)c2cccn2CC=Cc2cccc(O[C@@H](C)C(=O)O)c2)cc1. The van der Waals surface area contributed by atoms with E-state index in [0.717, 1.165) is 11.1 Å². The first-order valence-electron chi connectivity index (χ1n) is 10.0. The maximum atomic E-state index is 12.6. The van der Waals surface area contributed by atoms with Crippen molar-refractivity contribution in [1.82, 2.24) is 4.57 Å². The monoisotopic (exact) mass is 415 g/mol. The lowest BCUT2D eigenvalue weighted by atomic mass is 10.1. The molecule has 0 bridgehead atoms. The summed E-state index contributed by atoms with van der Waals surface area (Å²) in [6, 6.07) is 18.9. The standard InChI is InChI=1S/C26H25NO4/c1-19-10-12-21(13-11-19)14-15-25(28)24-9-5-17-27(24)16-4-7-22-6-3-8-23(18-22)31-20(2)26(29)30/h3-15,17-18,20H,16H2,1-2H3,(H,29,30)/t20-/m0/s1. The van der Waals surface area contributed by atoms with Crippen molar-refractivity contribution in [2.24, 2.45) is 0 Å². The molecule has 0 unspecified atom stereocenters. The van der Waals surface area contributed by atoms with E-state index in [2.05, 4.69) is 0 Å². The summed E-state index contributed by atoms with van der Waals surface area (Å²) in [6.07, 6.45) is 8.21. The highest BCUT2D eigenvalue weighted by Crippen LogP contribution is 2.16. The summed E-state index contributed by atoms with van der Waals surface area (Å²) >= 11 is 0. The van der Waals surface area contributed by atoms with Gasteiger partial charge < -0.3 is 14.4 Å². The number of ketones is 1. The lowest BCUT2D eigenvalue weighted by Crippen LogP contribution is -2.22. The van der Waals surface area contributed by atoms with E-state index in [0.29, 0.717) is 18.0 Å². The first kappa shape index (κ1) is 21.8. The zero-order chi connectivity index (χ0) is 22.2. The van der Waals surface area contributed by atoms with Crippen molar-refractivity contribution >= 4 is 23.9 Å². The maximum absolute atomic E-state index is 12.6. The van der Waals surface area contributed by atoms with Crippen molar-refractivity contribution in [2.45, 2.75) is 26.5 Å². The molecule has 0 aliphatic heterocycles. The number of hydrogen-bond acceptors (Lipinski definition) is 3. The van der Waals surface area contributed by atoms with Crippen LogP contribution in [0.1, 0.15) is 34.1 Å². The van der Waals surface area contributed by atoms with Gasteiger partial charge in [-0.2, -0.15) is 0 Å². The minimum atomic E-state index is -1.01. The summed E-state index contributed by atoms with van der Waals surface area (Å²) in [5.41, 5.74) is 3.66. The molecule has 0 saturated heterocycles. The third kappa shape index (κ3) is 6.31. The number of carboxylic acid groups (broad SMARTS) is 1. The van der Waals surface area contributed by atoms with Crippen LogP contribution < -0.4 is 4.74 Å². The van der Waals surface area contributed by atoms with E-state index < -0.39 is 12.1 Å². The average Bonchev–Trinajstić information content (AvgIpc) is 3.22. The van der Waals surface area contributed by atoms with Gasteiger partial charge in [0.1, 0.15) is 5.75 Å². The van der Waals surface area contributed by atoms with Gasteiger partial charge >= 0.3 is 5.97 Å². The Bertz CT molecular complexity index is 1110. The van der Waals surface area contributed by atoms with Crippen molar-refractivity contribution in [3.05, 3.63) is 101 Å². The molecule has 31 heavy (non-hydrogen) atoms. The fraction of sp³-hybridized carbons (Fsp3) is 0.154. The van der Waals surface area contributed by atoms with Crippen LogP contribution in [-0.4, -0.2) is 27.5 Å². The van der Waals surface area contributed by atoms with Gasteiger partial charge in [0.2, 0.25) is 5.78 Å². The number of carbonyl (C=O) groups excluding carboxylic acids is 1. The van der Waals surface area contributed by atoms with Crippen LogP contribution >= 0.6 is 0 Å². The molecule has 3 aromatic rings. The van der Waals surface area contributed by atoms with E-state index in [1.165, 1.54) is 12.5 Å². The molecule has 1 aromatic heterocycles. The maximum Gasteiger partial charge on any atom is 0.344 e. The minimum Gasteiger partial charge on any atom is -0.479 e. The topological polar surface area (TPSA) is 68.5 Å². The minimum absolute atomic E-state index is 0.0583. The number of rotatable bonds is 9. The van der Waals surface area contributed by atoms with Crippen molar-refractivity contribution in [3.8, 4) is 5.75 Å². The van der Waals surface area contributed by atoms with E-state index in [-0.39, 0.29) is 5.78 Å². The Morgan fingerprint density at radius 3 is 2.55 bits per heavy atom. The lowest BCUT2D eigenvalue weighted by Gasteiger charge is -2.10. The first-order valence-corrected chi connectivity index (χ1v) is 10.0. The Morgan fingerprint density at radius 1 is 1.03 bits per heavy atom. The summed E-state index contributed by atoms with van der Waals surface area (Å²) in [6.45, 7) is 4.05. The van der Waals surface area contributed by atoms with Gasteiger partial charge in [0.25, 0.3) is 0 Å². The van der Waals surface area contributed by atoms with E-state index in [1.54, 1.807) is 24.3 Å². The molecule has 1 atom stereocenters. The number of carboxylic acids is 1. The van der Waals surface area contributed by atoms with Crippen LogP contribution in [0.25, 0.3) is 12.2 Å². The van der Waals surface area contributed by atoms with Crippen molar-refractivity contribution in [3.63, 3.8) is 0 Å². The van der Waals surface area contributed by atoms with Crippen LogP contribution in [0.5, 0.6) is 5.75 Å². The molecule has 0 radical (unpaired) electrons. The molecule has 158 valence electrons. The molecule has 0 spiro atoms. The second kappa shape index (κ2) is 10.3. The summed E-state index contributed by atoms with van der Waals surface area (Å²) in [5.74, 6) is -0.575. The summed E-state index contributed by atoms with van der Waals surface area (Å²) in [7, 11) is 0. The number of aliphatic carboxylic acids is 1. The second-order valence-corrected chi connectivity index (χ2v) is 7.23. The lowest BCUT2D eigenvalue weighted by molar-refractivity contribution is -0.144. The van der Waals surface area contributed by atoms with Gasteiger partial charge in [0.15, 0.2) is 6.10 Å².